The molecule has 2 rings (SSSR count). The Kier molecular flexibility index (Phi) is 3.76. The predicted molar refractivity (Wildman–Crippen MR) is 73.0 cm³/mol. The van der Waals surface area contributed by atoms with Crippen molar-refractivity contribution < 1.29 is 9.47 Å². The number of halogens is 1. The van der Waals surface area contributed by atoms with Gasteiger partial charge in [-0.05, 0) is 33.6 Å². The SMILES string of the molecule is COc1ccc(Cn2ncc(Br)c2N)cc1OC. The van der Waals surface area contributed by atoms with Crippen molar-refractivity contribution in [3.63, 3.8) is 0 Å². The van der Waals surface area contributed by atoms with Crippen LogP contribution < -0.4 is 15.2 Å². The molecule has 0 radical (unpaired) electrons. The zero-order valence-corrected chi connectivity index (χ0v) is 11.8. The first-order valence-corrected chi connectivity index (χ1v) is 6.12. The maximum atomic E-state index is 5.87. The number of methoxy groups -OCH3 is 2. The number of ether oxygens (including phenoxy) is 2. The van der Waals surface area contributed by atoms with Crippen LogP contribution in [0.5, 0.6) is 11.5 Å². The molecule has 0 saturated carbocycles. The van der Waals surface area contributed by atoms with Gasteiger partial charge in [-0.25, -0.2) is 4.68 Å². The minimum absolute atomic E-state index is 0.581. The summed E-state index contributed by atoms with van der Waals surface area (Å²) in [7, 11) is 3.22. The van der Waals surface area contributed by atoms with Gasteiger partial charge in [0.05, 0.1) is 31.4 Å². The Bertz CT molecular complexity index is 554. The van der Waals surface area contributed by atoms with Gasteiger partial charge in [0.2, 0.25) is 0 Å². The second kappa shape index (κ2) is 5.30. The van der Waals surface area contributed by atoms with Crippen molar-refractivity contribution in [3.05, 3.63) is 34.4 Å². The average molecular weight is 312 g/mol. The molecule has 0 atom stereocenters. The lowest BCUT2D eigenvalue weighted by molar-refractivity contribution is 0.354. The van der Waals surface area contributed by atoms with E-state index in [4.69, 9.17) is 15.2 Å². The fraction of sp³-hybridized carbons (Fsp3) is 0.250. The summed E-state index contributed by atoms with van der Waals surface area (Å²) in [6, 6.07) is 5.73. The Balaban J connectivity index is 2.27. The summed E-state index contributed by atoms with van der Waals surface area (Å²) < 4.78 is 13.0. The first-order valence-electron chi connectivity index (χ1n) is 5.33. The van der Waals surface area contributed by atoms with Crippen molar-refractivity contribution in [3.8, 4) is 11.5 Å². The van der Waals surface area contributed by atoms with Crippen LogP contribution in [0, 0.1) is 0 Å². The third-order valence-electron chi connectivity index (χ3n) is 2.61. The highest BCUT2D eigenvalue weighted by atomic mass is 79.9. The molecule has 6 heteroatoms. The third kappa shape index (κ3) is 2.43. The quantitative estimate of drug-likeness (QED) is 0.941. The minimum atomic E-state index is 0.581. The molecule has 0 bridgehead atoms. The summed E-state index contributed by atoms with van der Waals surface area (Å²) in [6.07, 6.45) is 1.68. The van der Waals surface area contributed by atoms with Crippen LogP contribution in [0.1, 0.15) is 5.56 Å². The molecule has 5 nitrogen and oxygen atoms in total. The number of benzene rings is 1. The normalized spacial score (nSPS) is 10.4. The molecule has 0 aliphatic heterocycles. The monoisotopic (exact) mass is 311 g/mol. The molecule has 0 spiro atoms. The summed E-state index contributed by atoms with van der Waals surface area (Å²) in [4.78, 5) is 0. The molecule has 18 heavy (non-hydrogen) atoms. The number of nitrogens with zero attached hydrogens (tertiary/aromatic N) is 2. The minimum Gasteiger partial charge on any atom is -0.493 e. The summed E-state index contributed by atoms with van der Waals surface area (Å²) in [5.41, 5.74) is 6.91. The fourth-order valence-electron chi connectivity index (χ4n) is 1.65. The van der Waals surface area contributed by atoms with Crippen molar-refractivity contribution in [2.75, 3.05) is 20.0 Å². The maximum absolute atomic E-state index is 5.87. The van der Waals surface area contributed by atoms with Crippen molar-refractivity contribution >= 4 is 21.7 Å². The van der Waals surface area contributed by atoms with Gasteiger partial charge in [0.15, 0.2) is 11.5 Å². The highest BCUT2D eigenvalue weighted by molar-refractivity contribution is 9.10. The summed E-state index contributed by atoms with van der Waals surface area (Å²) in [5, 5.41) is 4.18. The van der Waals surface area contributed by atoms with E-state index >= 15 is 0 Å². The van der Waals surface area contributed by atoms with Crippen LogP contribution in [-0.2, 0) is 6.54 Å². The van der Waals surface area contributed by atoms with Crippen molar-refractivity contribution in [2.45, 2.75) is 6.54 Å². The lowest BCUT2D eigenvalue weighted by atomic mass is 10.2. The predicted octanol–water partition coefficient (Wildman–Crippen LogP) is 2.29. The first kappa shape index (κ1) is 12.8. The number of nitrogens with two attached hydrogens (primary N) is 1. The van der Waals surface area contributed by atoms with Gasteiger partial charge in [-0.2, -0.15) is 5.10 Å². The van der Waals surface area contributed by atoms with Gasteiger partial charge < -0.3 is 15.2 Å². The van der Waals surface area contributed by atoms with Crippen LogP contribution in [-0.4, -0.2) is 24.0 Å². The van der Waals surface area contributed by atoms with E-state index in [-0.39, 0.29) is 0 Å². The van der Waals surface area contributed by atoms with Crippen molar-refractivity contribution in [1.29, 1.82) is 0 Å². The molecule has 1 aromatic carbocycles. The zero-order valence-electron chi connectivity index (χ0n) is 10.2. The summed E-state index contributed by atoms with van der Waals surface area (Å²) in [6.45, 7) is 0.581. The van der Waals surface area contributed by atoms with E-state index in [1.54, 1.807) is 25.1 Å². The molecule has 1 aromatic heterocycles. The topological polar surface area (TPSA) is 62.3 Å². The molecule has 0 aliphatic rings. The Morgan fingerprint density at radius 2 is 2.00 bits per heavy atom. The van der Waals surface area contributed by atoms with Gasteiger partial charge in [0.25, 0.3) is 0 Å². The highest BCUT2D eigenvalue weighted by Gasteiger charge is 2.08. The maximum Gasteiger partial charge on any atom is 0.161 e. The Hall–Kier alpha value is -1.69. The number of anilines is 1. The van der Waals surface area contributed by atoms with E-state index in [0.717, 1.165) is 10.0 Å². The molecular weight excluding hydrogens is 298 g/mol. The molecule has 2 N–H and O–H groups in total. The van der Waals surface area contributed by atoms with Crippen LogP contribution >= 0.6 is 15.9 Å². The molecule has 0 unspecified atom stereocenters. The Labute approximate surface area is 114 Å². The lowest BCUT2D eigenvalue weighted by Gasteiger charge is -2.10. The number of hydrogen-bond acceptors (Lipinski definition) is 4. The van der Waals surface area contributed by atoms with Gasteiger partial charge in [0.1, 0.15) is 5.82 Å². The summed E-state index contributed by atoms with van der Waals surface area (Å²) >= 11 is 3.33. The first-order chi connectivity index (χ1) is 8.65. The van der Waals surface area contributed by atoms with E-state index in [1.165, 1.54) is 0 Å². The number of hydrogen-bond donors (Lipinski definition) is 1. The van der Waals surface area contributed by atoms with Crippen LogP contribution in [0.25, 0.3) is 0 Å². The molecule has 2 aromatic rings. The van der Waals surface area contributed by atoms with Gasteiger partial charge >= 0.3 is 0 Å². The lowest BCUT2D eigenvalue weighted by Crippen LogP contribution is -2.06. The summed E-state index contributed by atoms with van der Waals surface area (Å²) in [5.74, 6) is 2.00. The molecule has 96 valence electrons. The zero-order chi connectivity index (χ0) is 13.1. The standard InChI is InChI=1S/C12H14BrN3O2/c1-17-10-4-3-8(5-11(10)18-2)7-16-12(14)9(13)6-15-16/h3-6H,7,14H2,1-2H3. The van der Waals surface area contributed by atoms with Crippen LogP contribution in [0.2, 0.25) is 0 Å². The van der Waals surface area contributed by atoms with Crippen molar-refractivity contribution in [2.24, 2.45) is 0 Å². The molecule has 1 heterocycles. The van der Waals surface area contributed by atoms with E-state index in [9.17, 15) is 0 Å². The van der Waals surface area contributed by atoms with Gasteiger partial charge in [-0.3, -0.25) is 0 Å². The van der Waals surface area contributed by atoms with Gasteiger partial charge in [-0.1, -0.05) is 6.07 Å². The molecular formula is C12H14BrN3O2. The molecule has 0 saturated heterocycles. The molecule has 0 amide bonds. The second-order valence-corrected chi connectivity index (χ2v) is 4.58. The fourth-order valence-corrected chi connectivity index (χ4v) is 1.95. The van der Waals surface area contributed by atoms with E-state index in [1.807, 2.05) is 18.2 Å². The molecule has 0 fully saturated rings. The Morgan fingerprint density at radius 3 is 2.56 bits per heavy atom. The smallest absolute Gasteiger partial charge is 0.161 e. The number of nitrogen functional groups attached to an aromatic ring is 1. The van der Waals surface area contributed by atoms with E-state index in [2.05, 4.69) is 21.0 Å². The van der Waals surface area contributed by atoms with E-state index in [0.29, 0.717) is 23.9 Å². The average Bonchev–Trinajstić information content (AvgIpc) is 2.70. The van der Waals surface area contributed by atoms with Crippen molar-refractivity contribution in [1.82, 2.24) is 9.78 Å². The second-order valence-electron chi connectivity index (χ2n) is 3.72. The number of rotatable bonds is 4. The largest absolute Gasteiger partial charge is 0.493 e. The Morgan fingerprint density at radius 1 is 1.28 bits per heavy atom. The van der Waals surface area contributed by atoms with Gasteiger partial charge in [-0.15, -0.1) is 0 Å². The van der Waals surface area contributed by atoms with E-state index < -0.39 is 0 Å². The van der Waals surface area contributed by atoms with Crippen LogP contribution in [0.3, 0.4) is 0 Å². The third-order valence-corrected chi connectivity index (χ3v) is 3.22. The molecule has 0 aliphatic carbocycles. The van der Waals surface area contributed by atoms with Crippen LogP contribution in [0.15, 0.2) is 28.9 Å². The van der Waals surface area contributed by atoms with Crippen LogP contribution in [0.4, 0.5) is 5.82 Å². The highest BCUT2D eigenvalue weighted by Crippen LogP contribution is 2.28. The number of aromatic nitrogens is 2. The van der Waals surface area contributed by atoms with Gasteiger partial charge in [0, 0.05) is 0 Å².